The van der Waals surface area contributed by atoms with Gasteiger partial charge in [0.2, 0.25) is 5.13 Å². The van der Waals surface area contributed by atoms with Gasteiger partial charge in [0.1, 0.15) is 5.75 Å². The van der Waals surface area contributed by atoms with Gasteiger partial charge in [-0.05, 0) is 54.4 Å². The van der Waals surface area contributed by atoms with E-state index >= 15 is 0 Å². The van der Waals surface area contributed by atoms with Crippen LogP contribution in [0.1, 0.15) is 11.1 Å². The zero-order chi connectivity index (χ0) is 13.2. The molecule has 0 amide bonds. The number of aromatic nitrogens is 1. The lowest BCUT2D eigenvalue weighted by Crippen LogP contribution is -1.78. The number of phenols is 1. The second-order valence-electron chi connectivity index (χ2n) is 4.32. The lowest BCUT2D eigenvalue weighted by molar-refractivity contribution is 0.475. The summed E-state index contributed by atoms with van der Waals surface area (Å²) in [6, 6.07) is 13.1. The van der Waals surface area contributed by atoms with Crippen LogP contribution in [0.4, 0.5) is 5.13 Å². The highest BCUT2D eigenvalue weighted by Crippen LogP contribution is 2.28. The van der Waals surface area contributed by atoms with Crippen molar-refractivity contribution >= 4 is 32.9 Å². The van der Waals surface area contributed by atoms with E-state index in [0.29, 0.717) is 0 Å². The minimum atomic E-state index is 0.257. The Morgan fingerprint density at radius 2 is 1.95 bits per heavy atom. The predicted molar refractivity (Wildman–Crippen MR) is 79.7 cm³/mol. The molecule has 94 valence electrons. The molecule has 0 atom stereocenters. The average Bonchev–Trinajstić information content (AvgIpc) is 2.80. The summed E-state index contributed by atoms with van der Waals surface area (Å²) in [5.74, 6) is 0.257. The number of aliphatic imine (C=N–C) groups is 1. The van der Waals surface area contributed by atoms with Crippen LogP contribution in [0.5, 0.6) is 5.75 Å². The third-order valence-corrected chi connectivity index (χ3v) is 3.68. The summed E-state index contributed by atoms with van der Waals surface area (Å²) in [7, 11) is 0. The molecular formula is C15H12N2OS. The van der Waals surface area contributed by atoms with Crippen LogP contribution in [0, 0.1) is 6.92 Å². The number of benzene rings is 2. The van der Waals surface area contributed by atoms with E-state index in [-0.39, 0.29) is 5.75 Å². The average molecular weight is 268 g/mol. The van der Waals surface area contributed by atoms with Crippen LogP contribution in [0.25, 0.3) is 10.2 Å². The molecule has 4 heteroatoms. The molecule has 0 saturated carbocycles. The fourth-order valence-corrected chi connectivity index (χ4v) is 2.67. The highest BCUT2D eigenvalue weighted by molar-refractivity contribution is 7.22. The van der Waals surface area contributed by atoms with Gasteiger partial charge in [-0.1, -0.05) is 17.4 Å². The van der Waals surface area contributed by atoms with Crippen LogP contribution >= 0.6 is 11.3 Å². The van der Waals surface area contributed by atoms with Crippen molar-refractivity contribution in [1.29, 1.82) is 0 Å². The molecule has 1 heterocycles. The molecule has 0 aliphatic rings. The number of thiazole rings is 1. The number of rotatable bonds is 2. The van der Waals surface area contributed by atoms with Gasteiger partial charge in [0, 0.05) is 6.21 Å². The molecule has 1 aromatic heterocycles. The number of fused-ring (bicyclic) bond motifs is 1. The zero-order valence-corrected chi connectivity index (χ0v) is 11.2. The molecule has 0 fully saturated rings. The normalized spacial score (nSPS) is 11.4. The third kappa shape index (κ3) is 2.63. The minimum absolute atomic E-state index is 0.257. The van der Waals surface area contributed by atoms with E-state index in [9.17, 15) is 5.11 Å². The maximum Gasteiger partial charge on any atom is 0.210 e. The van der Waals surface area contributed by atoms with Crippen molar-refractivity contribution in [2.75, 3.05) is 0 Å². The van der Waals surface area contributed by atoms with Crippen LogP contribution in [0.2, 0.25) is 0 Å². The molecule has 3 rings (SSSR count). The Labute approximate surface area is 114 Å². The van der Waals surface area contributed by atoms with Gasteiger partial charge in [-0.3, -0.25) is 0 Å². The van der Waals surface area contributed by atoms with E-state index < -0.39 is 0 Å². The Balaban J connectivity index is 1.90. The summed E-state index contributed by atoms with van der Waals surface area (Å²) < 4.78 is 1.15. The van der Waals surface area contributed by atoms with Gasteiger partial charge in [0.25, 0.3) is 0 Å². The van der Waals surface area contributed by atoms with Crippen molar-refractivity contribution in [3.63, 3.8) is 0 Å². The fraction of sp³-hybridized carbons (Fsp3) is 0.0667. The molecule has 0 unspecified atom stereocenters. The molecule has 0 radical (unpaired) electrons. The summed E-state index contributed by atoms with van der Waals surface area (Å²) >= 11 is 1.58. The topological polar surface area (TPSA) is 45.5 Å². The standard InChI is InChI=1S/C15H12N2OS/c1-10-2-7-13-14(8-10)19-15(17-13)16-9-11-3-5-12(18)6-4-11/h2-9,18H,1H3/b16-9+. The lowest BCUT2D eigenvalue weighted by atomic mass is 10.2. The van der Waals surface area contributed by atoms with Gasteiger partial charge in [-0.15, -0.1) is 0 Å². The number of hydrogen-bond donors (Lipinski definition) is 1. The lowest BCUT2D eigenvalue weighted by Gasteiger charge is -1.92. The molecule has 3 nitrogen and oxygen atoms in total. The van der Waals surface area contributed by atoms with Gasteiger partial charge in [0.05, 0.1) is 10.2 Å². The van der Waals surface area contributed by atoms with Crippen molar-refractivity contribution in [2.24, 2.45) is 4.99 Å². The molecule has 0 aliphatic carbocycles. The Morgan fingerprint density at radius 1 is 1.16 bits per heavy atom. The fourth-order valence-electron chi connectivity index (χ4n) is 1.77. The van der Waals surface area contributed by atoms with Crippen LogP contribution in [-0.2, 0) is 0 Å². The first-order chi connectivity index (χ1) is 9.20. The van der Waals surface area contributed by atoms with Gasteiger partial charge >= 0.3 is 0 Å². The van der Waals surface area contributed by atoms with Crippen molar-refractivity contribution in [3.05, 3.63) is 53.6 Å². The SMILES string of the molecule is Cc1ccc2nc(/N=C/c3ccc(O)cc3)sc2c1. The molecular weight excluding hydrogens is 256 g/mol. The number of aryl methyl sites for hydroxylation is 1. The monoisotopic (exact) mass is 268 g/mol. The summed E-state index contributed by atoms with van der Waals surface area (Å²) in [6.45, 7) is 2.07. The van der Waals surface area contributed by atoms with E-state index in [1.54, 1.807) is 29.7 Å². The van der Waals surface area contributed by atoms with Crippen molar-refractivity contribution < 1.29 is 5.11 Å². The van der Waals surface area contributed by atoms with Crippen LogP contribution in [0.3, 0.4) is 0 Å². The second-order valence-corrected chi connectivity index (χ2v) is 5.33. The molecule has 1 N–H and O–H groups in total. The van der Waals surface area contributed by atoms with Crippen molar-refractivity contribution in [1.82, 2.24) is 4.98 Å². The Morgan fingerprint density at radius 3 is 2.74 bits per heavy atom. The van der Waals surface area contributed by atoms with E-state index in [4.69, 9.17) is 0 Å². The molecule has 2 aromatic carbocycles. The number of nitrogens with zero attached hydrogens (tertiary/aromatic N) is 2. The van der Waals surface area contributed by atoms with Crippen molar-refractivity contribution in [3.8, 4) is 5.75 Å². The molecule has 0 aliphatic heterocycles. The van der Waals surface area contributed by atoms with Crippen LogP contribution in [-0.4, -0.2) is 16.3 Å². The Kier molecular flexibility index (Phi) is 3.01. The molecule has 0 spiro atoms. The quantitative estimate of drug-likeness (QED) is 0.712. The van der Waals surface area contributed by atoms with E-state index in [1.807, 2.05) is 18.2 Å². The zero-order valence-electron chi connectivity index (χ0n) is 10.4. The van der Waals surface area contributed by atoms with Crippen molar-refractivity contribution in [2.45, 2.75) is 6.92 Å². The van der Waals surface area contributed by atoms with Gasteiger partial charge in [-0.2, -0.15) is 0 Å². The first-order valence-corrected chi connectivity index (χ1v) is 6.73. The largest absolute Gasteiger partial charge is 0.508 e. The smallest absolute Gasteiger partial charge is 0.210 e. The second kappa shape index (κ2) is 4.82. The number of phenolic OH excluding ortho intramolecular Hbond substituents is 1. The van der Waals surface area contributed by atoms with Crippen LogP contribution < -0.4 is 0 Å². The summed E-state index contributed by atoms with van der Waals surface area (Å²) in [4.78, 5) is 8.83. The van der Waals surface area contributed by atoms with Gasteiger partial charge in [-0.25, -0.2) is 9.98 Å². The molecule has 3 aromatic rings. The van der Waals surface area contributed by atoms with Gasteiger partial charge in [0.15, 0.2) is 0 Å². The Hall–Kier alpha value is -2.20. The highest BCUT2D eigenvalue weighted by atomic mass is 32.1. The number of hydrogen-bond acceptors (Lipinski definition) is 4. The Bertz CT molecular complexity index is 744. The summed E-state index contributed by atoms with van der Waals surface area (Å²) in [5, 5.41) is 9.95. The number of aromatic hydroxyl groups is 1. The molecule has 0 saturated heterocycles. The van der Waals surface area contributed by atoms with E-state index in [2.05, 4.69) is 29.0 Å². The van der Waals surface area contributed by atoms with E-state index in [1.165, 1.54) is 5.56 Å². The maximum absolute atomic E-state index is 9.21. The van der Waals surface area contributed by atoms with Gasteiger partial charge < -0.3 is 5.11 Å². The summed E-state index contributed by atoms with van der Waals surface area (Å²) in [6.07, 6.45) is 1.75. The minimum Gasteiger partial charge on any atom is -0.508 e. The highest BCUT2D eigenvalue weighted by Gasteiger charge is 2.01. The first kappa shape index (κ1) is 11.9. The third-order valence-electron chi connectivity index (χ3n) is 2.75. The molecule has 0 bridgehead atoms. The first-order valence-electron chi connectivity index (χ1n) is 5.91. The summed E-state index contributed by atoms with van der Waals surface area (Å²) in [5.41, 5.74) is 3.15. The van der Waals surface area contributed by atoms with Crippen LogP contribution in [0.15, 0.2) is 47.5 Å². The van der Waals surface area contributed by atoms with E-state index in [0.717, 1.165) is 20.9 Å². The maximum atomic E-state index is 9.21. The molecule has 19 heavy (non-hydrogen) atoms. The predicted octanol–water partition coefficient (Wildman–Crippen LogP) is 4.06.